The lowest BCUT2D eigenvalue weighted by Crippen LogP contribution is -2.32. The molecule has 2 aromatic heterocycles. The van der Waals surface area contributed by atoms with E-state index in [9.17, 15) is 4.79 Å². The van der Waals surface area contributed by atoms with Crippen molar-refractivity contribution in [3.8, 4) is 34.4 Å². The highest BCUT2D eigenvalue weighted by Gasteiger charge is 2.30. The summed E-state index contributed by atoms with van der Waals surface area (Å²) in [6.07, 6.45) is 1.78. The van der Waals surface area contributed by atoms with Gasteiger partial charge in [0.15, 0.2) is 5.82 Å². The van der Waals surface area contributed by atoms with Crippen molar-refractivity contribution in [3.05, 3.63) is 42.1 Å². The van der Waals surface area contributed by atoms with Crippen LogP contribution < -0.4 is 9.47 Å². The van der Waals surface area contributed by atoms with Crippen LogP contribution in [0.4, 0.5) is 0 Å². The molecule has 1 aromatic carbocycles. The molecule has 0 fully saturated rings. The zero-order chi connectivity index (χ0) is 27.9. The first-order valence-corrected chi connectivity index (χ1v) is 16.6. The molecule has 0 radical (unpaired) electrons. The van der Waals surface area contributed by atoms with E-state index in [1.165, 1.54) is 7.11 Å². The molecule has 2 heterocycles. The van der Waals surface area contributed by atoms with Crippen LogP contribution in [0.25, 0.3) is 22.5 Å². The number of carbonyl (C=O) groups excluding carboxylic acids is 1. The van der Waals surface area contributed by atoms with E-state index in [2.05, 4.69) is 34.7 Å². The van der Waals surface area contributed by atoms with Gasteiger partial charge >= 0.3 is 12.0 Å². The average molecular weight is 541 g/mol. The van der Waals surface area contributed by atoms with Crippen molar-refractivity contribution in [2.24, 2.45) is 5.41 Å². The second kappa shape index (κ2) is 12.5. The lowest BCUT2D eigenvalue weighted by molar-refractivity contribution is -0.152. The number of methoxy groups -OCH3 is 1. The molecule has 3 aromatic rings. The highest BCUT2D eigenvalue weighted by molar-refractivity contribution is 6.76. The first kappa shape index (κ1) is 29.3. The summed E-state index contributed by atoms with van der Waals surface area (Å²) in [6, 6.07) is 11.4. The van der Waals surface area contributed by atoms with Crippen LogP contribution >= 0.6 is 0 Å². The average Bonchev–Trinajstić information content (AvgIpc) is 3.27. The number of rotatable bonds is 13. The van der Waals surface area contributed by atoms with Crippen molar-refractivity contribution in [3.63, 3.8) is 0 Å². The number of pyridine rings is 1. The standard InChI is InChI=1S/C28H40N4O5Si/c1-9-36-27-30-25(32(31-27)19-35-14-15-38(6,7)8)22-12-10-21(11-13-22)23-17-29-24(16-20(23)2)37-18-28(3,4)26(33)34-5/h10-13,16-17H,9,14-15,18-19H2,1-8H3. The van der Waals surface area contributed by atoms with E-state index < -0.39 is 13.5 Å². The second-order valence-corrected chi connectivity index (χ2v) is 16.7. The Bertz CT molecular complexity index is 1220. The Labute approximate surface area is 226 Å². The molecule has 206 valence electrons. The van der Waals surface area contributed by atoms with Crippen LogP contribution in [-0.4, -0.2) is 60.7 Å². The van der Waals surface area contributed by atoms with Crippen molar-refractivity contribution >= 4 is 14.0 Å². The highest BCUT2D eigenvalue weighted by Crippen LogP contribution is 2.29. The van der Waals surface area contributed by atoms with Crippen molar-refractivity contribution in [1.29, 1.82) is 0 Å². The summed E-state index contributed by atoms with van der Waals surface area (Å²) in [7, 11) is 0.199. The fourth-order valence-electron chi connectivity index (χ4n) is 3.64. The molecule has 38 heavy (non-hydrogen) atoms. The normalized spacial score (nSPS) is 11.9. The molecule has 0 aliphatic carbocycles. The molecule has 9 nitrogen and oxygen atoms in total. The number of hydrogen-bond donors (Lipinski definition) is 0. The SMILES string of the molecule is CCOc1nc(-c2ccc(-c3cnc(OCC(C)(C)C(=O)OC)cc3C)cc2)n(COCC[Si](C)(C)C)n1. The predicted octanol–water partition coefficient (Wildman–Crippen LogP) is 5.60. The lowest BCUT2D eigenvalue weighted by atomic mass is 9.95. The number of ether oxygens (including phenoxy) is 4. The molecular formula is C28H40N4O5Si. The van der Waals surface area contributed by atoms with Gasteiger partial charge in [0.05, 0.1) is 19.1 Å². The molecule has 0 amide bonds. The Morgan fingerprint density at radius 2 is 1.76 bits per heavy atom. The molecule has 0 aliphatic heterocycles. The topological polar surface area (TPSA) is 97.6 Å². The molecular weight excluding hydrogens is 500 g/mol. The molecule has 0 aliphatic rings. The Morgan fingerprint density at radius 3 is 2.37 bits per heavy atom. The minimum atomic E-state index is -1.17. The summed E-state index contributed by atoms with van der Waals surface area (Å²) >= 11 is 0. The van der Waals surface area contributed by atoms with Gasteiger partial charge in [-0.1, -0.05) is 43.9 Å². The van der Waals surface area contributed by atoms with Crippen LogP contribution in [0, 0.1) is 12.3 Å². The van der Waals surface area contributed by atoms with Gasteiger partial charge in [-0.25, -0.2) is 9.67 Å². The van der Waals surface area contributed by atoms with Crippen LogP contribution in [0.1, 0.15) is 26.3 Å². The van der Waals surface area contributed by atoms with E-state index in [0.717, 1.165) is 28.3 Å². The summed E-state index contributed by atoms with van der Waals surface area (Å²) in [5.74, 6) is 0.832. The van der Waals surface area contributed by atoms with Crippen molar-refractivity contribution in [2.45, 2.75) is 60.1 Å². The molecule has 0 atom stereocenters. The minimum absolute atomic E-state index is 0.173. The maximum absolute atomic E-state index is 11.9. The van der Waals surface area contributed by atoms with Crippen molar-refractivity contribution < 1.29 is 23.7 Å². The smallest absolute Gasteiger partial charge is 0.336 e. The third-order valence-electron chi connectivity index (χ3n) is 5.99. The molecule has 0 spiro atoms. The number of hydrogen-bond acceptors (Lipinski definition) is 8. The summed E-state index contributed by atoms with van der Waals surface area (Å²) in [6.45, 7) is 16.1. The zero-order valence-corrected chi connectivity index (χ0v) is 24.8. The van der Waals surface area contributed by atoms with Crippen LogP contribution in [0.5, 0.6) is 11.9 Å². The first-order valence-electron chi connectivity index (χ1n) is 12.9. The van der Waals surface area contributed by atoms with E-state index in [0.29, 0.717) is 37.7 Å². The van der Waals surface area contributed by atoms with Crippen LogP contribution in [0.3, 0.4) is 0 Å². The number of aryl methyl sites for hydroxylation is 1. The lowest BCUT2D eigenvalue weighted by Gasteiger charge is -2.21. The fraction of sp³-hybridized carbons (Fsp3) is 0.500. The van der Waals surface area contributed by atoms with Gasteiger partial charge in [-0.05, 0) is 44.9 Å². The Morgan fingerprint density at radius 1 is 1.08 bits per heavy atom. The van der Waals surface area contributed by atoms with Crippen molar-refractivity contribution in [1.82, 2.24) is 19.7 Å². The van der Waals surface area contributed by atoms with Gasteiger partial charge in [-0.2, -0.15) is 4.98 Å². The molecule has 3 rings (SSSR count). The molecule has 0 saturated carbocycles. The number of nitrogens with zero attached hydrogens (tertiary/aromatic N) is 4. The second-order valence-electron chi connectivity index (χ2n) is 11.1. The van der Waals surface area contributed by atoms with E-state index in [4.69, 9.17) is 18.9 Å². The molecule has 10 heteroatoms. The van der Waals surface area contributed by atoms with E-state index in [-0.39, 0.29) is 12.6 Å². The van der Waals surface area contributed by atoms with Crippen LogP contribution in [0.2, 0.25) is 25.7 Å². The summed E-state index contributed by atoms with van der Waals surface area (Å²) < 4.78 is 23.9. The van der Waals surface area contributed by atoms with Crippen LogP contribution in [-0.2, 0) is 21.0 Å². The zero-order valence-electron chi connectivity index (χ0n) is 23.8. The molecule has 0 bridgehead atoms. The summed E-state index contributed by atoms with van der Waals surface area (Å²) in [5.41, 5.74) is 3.17. The summed E-state index contributed by atoms with van der Waals surface area (Å²) in [5, 5.41) is 4.48. The van der Waals surface area contributed by atoms with E-state index in [1.54, 1.807) is 24.7 Å². The van der Waals surface area contributed by atoms with Crippen LogP contribution in [0.15, 0.2) is 36.5 Å². The number of benzene rings is 1. The minimum Gasteiger partial charge on any atom is -0.476 e. The van der Waals surface area contributed by atoms with Gasteiger partial charge < -0.3 is 18.9 Å². The first-order chi connectivity index (χ1) is 17.9. The van der Waals surface area contributed by atoms with Gasteiger partial charge in [-0.3, -0.25) is 4.79 Å². The molecule has 0 unspecified atom stereocenters. The highest BCUT2D eigenvalue weighted by atomic mass is 28.3. The predicted molar refractivity (Wildman–Crippen MR) is 150 cm³/mol. The Balaban J connectivity index is 1.74. The number of carbonyl (C=O) groups is 1. The van der Waals surface area contributed by atoms with Gasteiger partial charge in [0.1, 0.15) is 13.3 Å². The third-order valence-corrected chi connectivity index (χ3v) is 7.70. The summed E-state index contributed by atoms with van der Waals surface area (Å²) in [4.78, 5) is 20.9. The monoisotopic (exact) mass is 540 g/mol. The third kappa shape index (κ3) is 7.88. The molecule has 0 N–H and O–H groups in total. The largest absolute Gasteiger partial charge is 0.476 e. The fourth-order valence-corrected chi connectivity index (χ4v) is 4.40. The number of esters is 1. The van der Waals surface area contributed by atoms with E-state index in [1.807, 2.05) is 44.2 Å². The Hall–Kier alpha value is -3.24. The van der Waals surface area contributed by atoms with Gasteiger partial charge in [0, 0.05) is 38.1 Å². The molecule has 0 saturated heterocycles. The maximum Gasteiger partial charge on any atom is 0.336 e. The Kier molecular flexibility index (Phi) is 9.67. The van der Waals surface area contributed by atoms with Crippen molar-refractivity contribution in [2.75, 3.05) is 26.9 Å². The van der Waals surface area contributed by atoms with Gasteiger partial charge in [0.2, 0.25) is 5.88 Å². The van der Waals surface area contributed by atoms with E-state index >= 15 is 0 Å². The quantitative estimate of drug-likeness (QED) is 0.157. The van der Waals surface area contributed by atoms with Gasteiger partial charge in [0.25, 0.3) is 0 Å². The van der Waals surface area contributed by atoms with Gasteiger partial charge in [-0.15, -0.1) is 5.10 Å². The maximum atomic E-state index is 11.9. The number of aromatic nitrogens is 4.